The number of aryl methyl sites for hydroxylation is 1. The number of methoxy groups -OCH3 is 2. The van der Waals surface area contributed by atoms with Crippen LogP contribution in [0.2, 0.25) is 0 Å². The lowest BCUT2D eigenvalue weighted by atomic mass is 10.0. The van der Waals surface area contributed by atoms with E-state index in [1.807, 2.05) is 13.0 Å². The number of fused-ring (bicyclic) bond motifs is 1. The summed E-state index contributed by atoms with van der Waals surface area (Å²) in [6, 6.07) is 13.8. The van der Waals surface area contributed by atoms with Crippen molar-refractivity contribution >= 4 is 34.5 Å². The average molecular weight is 420 g/mol. The van der Waals surface area contributed by atoms with Crippen LogP contribution in [0.25, 0.3) is 22.2 Å². The topological polar surface area (TPSA) is 115 Å². The number of hydrogen-bond donors (Lipinski definition) is 2. The van der Waals surface area contributed by atoms with Gasteiger partial charge in [-0.15, -0.1) is 0 Å². The summed E-state index contributed by atoms with van der Waals surface area (Å²) in [7, 11) is 2.39. The zero-order valence-corrected chi connectivity index (χ0v) is 17.1. The first-order valence-corrected chi connectivity index (χ1v) is 9.22. The number of hydrogen-bond acceptors (Lipinski definition) is 7. The third-order valence-corrected chi connectivity index (χ3v) is 4.50. The number of pyridine rings is 1. The fourth-order valence-corrected chi connectivity index (χ4v) is 3.01. The van der Waals surface area contributed by atoms with E-state index in [1.165, 1.54) is 20.3 Å². The van der Waals surface area contributed by atoms with Gasteiger partial charge in [0.1, 0.15) is 5.70 Å². The van der Waals surface area contributed by atoms with E-state index in [0.29, 0.717) is 27.8 Å². The number of aromatic nitrogens is 1. The van der Waals surface area contributed by atoms with Gasteiger partial charge in [-0.1, -0.05) is 23.8 Å². The highest BCUT2D eigenvalue weighted by Gasteiger charge is 2.15. The van der Waals surface area contributed by atoms with Gasteiger partial charge in [0.2, 0.25) is 0 Å². The molecule has 0 aliphatic heterocycles. The number of nitrogens with zero attached hydrogens (tertiary/aromatic N) is 1. The Morgan fingerprint density at radius 3 is 2.48 bits per heavy atom. The van der Waals surface area contributed by atoms with Crippen molar-refractivity contribution in [2.75, 3.05) is 19.5 Å². The van der Waals surface area contributed by atoms with Gasteiger partial charge in [0.15, 0.2) is 0 Å². The number of carboxylic acids is 1. The van der Waals surface area contributed by atoms with Crippen LogP contribution in [0.5, 0.6) is 0 Å². The molecule has 0 fully saturated rings. The minimum atomic E-state index is -1.05. The summed E-state index contributed by atoms with van der Waals surface area (Å²) in [5, 5.41) is 13.1. The lowest BCUT2D eigenvalue weighted by molar-refractivity contribution is -0.138. The molecule has 31 heavy (non-hydrogen) atoms. The van der Waals surface area contributed by atoms with Crippen molar-refractivity contribution in [1.82, 2.24) is 4.98 Å². The van der Waals surface area contributed by atoms with Crippen LogP contribution in [-0.2, 0) is 19.1 Å². The van der Waals surface area contributed by atoms with Crippen molar-refractivity contribution in [3.63, 3.8) is 0 Å². The van der Waals surface area contributed by atoms with Gasteiger partial charge in [-0.3, -0.25) is 0 Å². The number of nitrogens with one attached hydrogen (secondary N) is 1. The Morgan fingerprint density at radius 2 is 1.81 bits per heavy atom. The van der Waals surface area contributed by atoms with Crippen LogP contribution in [-0.4, -0.2) is 42.2 Å². The van der Waals surface area contributed by atoms with Crippen LogP contribution in [0.15, 0.2) is 60.3 Å². The highest BCUT2D eigenvalue weighted by Crippen LogP contribution is 2.27. The Morgan fingerprint density at radius 1 is 1.03 bits per heavy atom. The minimum Gasteiger partial charge on any atom is -0.478 e. The molecule has 1 aromatic heterocycles. The molecule has 1 heterocycles. The van der Waals surface area contributed by atoms with Crippen LogP contribution in [0, 0.1) is 6.92 Å². The first kappa shape index (κ1) is 21.5. The van der Waals surface area contributed by atoms with Crippen molar-refractivity contribution < 1.29 is 29.0 Å². The molecule has 0 radical (unpaired) electrons. The summed E-state index contributed by atoms with van der Waals surface area (Å²) in [6.07, 6.45) is 0.984. The van der Waals surface area contributed by atoms with Gasteiger partial charge in [0.25, 0.3) is 0 Å². The maximum absolute atomic E-state index is 12.0. The van der Waals surface area contributed by atoms with E-state index in [1.54, 1.807) is 36.4 Å². The Hall–Kier alpha value is -4.20. The maximum Gasteiger partial charge on any atom is 0.354 e. The molecule has 0 atom stereocenters. The molecule has 0 saturated carbocycles. The summed E-state index contributed by atoms with van der Waals surface area (Å²) in [5.74, 6) is -2.52. The minimum absolute atomic E-state index is 0.111. The first-order valence-electron chi connectivity index (χ1n) is 9.22. The number of anilines is 1. The predicted octanol–water partition coefficient (Wildman–Crippen LogP) is 3.55. The van der Waals surface area contributed by atoms with Crippen LogP contribution in [0.1, 0.15) is 15.9 Å². The predicted molar refractivity (Wildman–Crippen MR) is 115 cm³/mol. The van der Waals surface area contributed by atoms with Crippen molar-refractivity contribution in [1.29, 1.82) is 0 Å². The number of carbonyl (C=O) groups excluding carboxylic acids is 2. The Balaban J connectivity index is 2.05. The summed E-state index contributed by atoms with van der Waals surface area (Å²) in [6.45, 7) is 1.88. The van der Waals surface area contributed by atoms with Crippen LogP contribution >= 0.6 is 0 Å². The number of rotatable bonds is 6. The van der Waals surface area contributed by atoms with Crippen molar-refractivity contribution in [2.45, 2.75) is 6.92 Å². The van der Waals surface area contributed by atoms with E-state index in [0.717, 1.165) is 11.6 Å². The van der Waals surface area contributed by atoms with E-state index >= 15 is 0 Å². The average Bonchev–Trinajstić information content (AvgIpc) is 2.77. The van der Waals surface area contributed by atoms with E-state index in [-0.39, 0.29) is 11.3 Å². The maximum atomic E-state index is 12.0. The van der Waals surface area contributed by atoms with Crippen molar-refractivity contribution in [3.8, 4) is 11.3 Å². The smallest absolute Gasteiger partial charge is 0.354 e. The molecule has 0 aliphatic rings. The molecule has 158 valence electrons. The molecule has 0 bridgehead atoms. The third kappa shape index (κ3) is 4.87. The van der Waals surface area contributed by atoms with Crippen molar-refractivity contribution in [2.24, 2.45) is 0 Å². The summed E-state index contributed by atoms with van der Waals surface area (Å²) < 4.78 is 9.25. The zero-order valence-electron chi connectivity index (χ0n) is 17.1. The lowest BCUT2D eigenvalue weighted by Crippen LogP contribution is -2.15. The molecule has 0 aliphatic carbocycles. The lowest BCUT2D eigenvalue weighted by Gasteiger charge is -2.12. The number of carbonyl (C=O) groups is 3. The van der Waals surface area contributed by atoms with Gasteiger partial charge in [0.05, 0.1) is 37.1 Å². The van der Waals surface area contributed by atoms with E-state index in [2.05, 4.69) is 19.8 Å². The molecule has 2 aromatic carbocycles. The molecule has 8 nitrogen and oxygen atoms in total. The molecule has 0 amide bonds. The molecule has 2 N–H and O–H groups in total. The fourth-order valence-electron chi connectivity index (χ4n) is 3.01. The molecule has 8 heteroatoms. The summed E-state index contributed by atoms with van der Waals surface area (Å²) in [5.41, 5.74) is 3.07. The Labute approximate surface area is 178 Å². The van der Waals surface area contributed by atoms with E-state index in [4.69, 9.17) is 0 Å². The van der Waals surface area contributed by atoms with Gasteiger partial charge in [-0.25, -0.2) is 19.4 Å². The third-order valence-electron chi connectivity index (χ3n) is 4.50. The van der Waals surface area contributed by atoms with Crippen LogP contribution in [0.3, 0.4) is 0 Å². The van der Waals surface area contributed by atoms with Gasteiger partial charge >= 0.3 is 17.9 Å². The van der Waals surface area contributed by atoms with E-state index in [9.17, 15) is 19.5 Å². The molecule has 3 aromatic rings. The van der Waals surface area contributed by atoms with Crippen LogP contribution in [0.4, 0.5) is 5.69 Å². The quantitative estimate of drug-likeness (QED) is 0.460. The molecular weight excluding hydrogens is 400 g/mol. The summed E-state index contributed by atoms with van der Waals surface area (Å²) in [4.78, 5) is 39.9. The second-order valence-corrected chi connectivity index (χ2v) is 6.66. The van der Waals surface area contributed by atoms with Gasteiger partial charge in [-0.2, -0.15) is 0 Å². The number of aromatic carboxylic acids is 1. The molecule has 0 saturated heterocycles. The number of esters is 2. The Bertz CT molecular complexity index is 1220. The molecular formula is C23H20N2O6. The van der Waals surface area contributed by atoms with Crippen LogP contribution < -0.4 is 5.32 Å². The molecule has 0 spiro atoms. The number of carboxylic acid groups (broad SMARTS) is 1. The Kier molecular flexibility index (Phi) is 6.30. The normalized spacial score (nSPS) is 11.1. The van der Waals surface area contributed by atoms with Crippen molar-refractivity contribution in [3.05, 3.63) is 71.4 Å². The highest BCUT2D eigenvalue weighted by molar-refractivity contribution is 6.04. The standard InChI is InChI=1S/C23H20N2O6/c1-13-7-8-18-16(9-13)17(22(27)28)11-19(25-18)14-5-4-6-15(10-14)24-20(23(29)31-3)12-21(26)30-2/h4-12,24H,1-3H3,(H,27,28)/b20-12+. The fraction of sp³-hybridized carbons (Fsp3) is 0.130. The second-order valence-electron chi connectivity index (χ2n) is 6.66. The molecule has 0 unspecified atom stereocenters. The summed E-state index contributed by atoms with van der Waals surface area (Å²) >= 11 is 0. The zero-order chi connectivity index (χ0) is 22.5. The largest absolute Gasteiger partial charge is 0.478 e. The monoisotopic (exact) mass is 420 g/mol. The first-order chi connectivity index (χ1) is 14.8. The highest BCUT2D eigenvalue weighted by atomic mass is 16.5. The van der Waals surface area contributed by atoms with Gasteiger partial charge in [0, 0.05) is 16.6 Å². The number of ether oxygens (including phenoxy) is 2. The van der Waals surface area contributed by atoms with Gasteiger partial charge < -0.3 is 19.9 Å². The second kappa shape index (κ2) is 9.08. The van der Waals surface area contributed by atoms with E-state index < -0.39 is 17.9 Å². The SMILES string of the molecule is COC(=O)/C=C(/Nc1cccc(-c2cc(C(=O)O)c3cc(C)ccc3n2)c1)C(=O)OC. The number of benzene rings is 2. The molecule has 3 rings (SSSR count). The van der Waals surface area contributed by atoms with Gasteiger partial charge in [-0.05, 0) is 37.3 Å².